The molecule has 176 valence electrons. The van der Waals surface area contributed by atoms with Crippen LogP contribution in [-0.2, 0) is 4.79 Å². The molecule has 2 aromatic carbocycles. The summed E-state index contributed by atoms with van der Waals surface area (Å²) in [7, 11) is 0. The largest absolute Gasteiger partial charge is 0.491 e. The molecule has 4 rings (SSSR count). The predicted octanol–water partition coefficient (Wildman–Crippen LogP) is 3.50. The number of hydrogen-bond donors (Lipinski definition) is 2. The average molecular weight is 509 g/mol. The minimum Gasteiger partial charge on any atom is -0.491 e. The molecule has 0 saturated carbocycles. The Hall–Kier alpha value is -1.94. The number of aliphatic hydroxyl groups excluding tert-OH is 1. The number of rotatable bonds is 8. The summed E-state index contributed by atoms with van der Waals surface area (Å²) in [5.74, 6) is 0.245. The fourth-order valence-corrected chi connectivity index (χ4v) is 5.43. The molecular formula is C23H26Cl2N4O3S. The van der Waals surface area contributed by atoms with Gasteiger partial charge in [0.15, 0.2) is 0 Å². The average Bonchev–Trinajstić information content (AvgIpc) is 3.14. The van der Waals surface area contributed by atoms with Crippen molar-refractivity contribution in [2.24, 2.45) is 5.73 Å². The van der Waals surface area contributed by atoms with Crippen molar-refractivity contribution in [2.45, 2.75) is 19.1 Å². The normalized spacial score (nSPS) is 17.2. The number of β-amino-alcohol motifs (C(OH)–C–C–N with tert-alkyl or cyclic N) is 1. The molecule has 0 bridgehead atoms. The van der Waals surface area contributed by atoms with Gasteiger partial charge in [0.1, 0.15) is 24.5 Å². The minimum atomic E-state index is -0.637. The van der Waals surface area contributed by atoms with Gasteiger partial charge in [-0.25, -0.2) is 4.98 Å². The highest BCUT2D eigenvalue weighted by Gasteiger charge is 2.31. The van der Waals surface area contributed by atoms with E-state index in [1.807, 2.05) is 30.0 Å². The van der Waals surface area contributed by atoms with Crippen LogP contribution >= 0.6 is 34.5 Å². The third-order valence-electron chi connectivity index (χ3n) is 5.68. The Morgan fingerprint density at radius 2 is 1.97 bits per heavy atom. The van der Waals surface area contributed by atoms with Gasteiger partial charge in [0.05, 0.1) is 15.2 Å². The standard InChI is InChI=1S/C23H26Cl2N4O3S/c1-14-27-20-11-17(3-5-21(20)33-14)32-13-16(30)12-28-6-8-29(9-7-28)22(23(26)31)18-4-2-15(24)10-19(18)25/h2-5,10-11,16,22,30H,6-9,12-13H2,1H3,(H2,26,31)/t16-,22?/m1/s1. The van der Waals surface area contributed by atoms with Gasteiger partial charge < -0.3 is 15.6 Å². The molecule has 1 aliphatic rings. The lowest BCUT2D eigenvalue weighted by atomic mass is 10.0. The minimum absolute atomic E-state index is 0.194. The van der Waals surface area contributed by atoms with E-state index in [0.717, 1.165) is 15.2 Å². The lowest BCUT2D eigenvalue weighted by Crippen LogP contribution is -2.52. The van der Waals surface area contributed by atoms with Crippen LogP contribution in [-0.4, -0.2) is 71.2 Å². The van der Waals surface area contributed by atoms with Gasteiger partial charge in [0.25, 0.3) is 0 Å². The monoisotopic (exact) mass is 508 g/mol. The second-order valence-corrected chi connectivity index (χ2v) is 10.2. The van der Waals surface area contributed by atoms with Crippen molar-refractivity contribution in [2.75, 3.05) is 39.3 Å². The fourth-order valence-electron chi connectivity index (χ4n) is 4.11. The van der Waals surface area contributed by atoms with Crippen LogP contribution < -0.4 is 10.5 Å². The highest BCUT2D eigenvalue weighted by atomic mass is 35.5. The highest BCUT2D eigenvalue weighted by molar-refractivity contribution is 7.18. The topological polar surface area (TPSA) is 91.9 Å². The van der Waals surface area contributed by atoms with Gasteiger partial charge >= 0.3 is 0 Å². The van der Waals surface area contributed by atoms with E-state index in [0.29, 0.717) is 54.1 Å². The third kappa shape index (κ3) is 5.95. The number of ether oxygens (including phenoxy) is 1. The number of amides is 1. The number of thiazole rings is 1. The molecule has 1 saturated heterocycles. The van der Waals surface area contributed by atoms with Crippen molar-refractivity contribution < 1.29 is 14.6 Å². The van der Waals surface area contributed by atoms with Crippen LogP contribution in [0.4, 0.5) is 0 Å². The number of nitrogens with zero attached hydrogens (tertiary/aromatic N) is 3. The molecule has 0 radical (unpaired) electrons. The number of aromatic nitrogens is 1. The van der Waals surface area contributed by atoms with Crippen molar-refractivity contribution in [3.05, 3.63) is 57.0 Å². The SMILES string of the molecule is Cc1nc2cc(OC[C@H](O)CN3CCN(C(C(N)=O)c4ccc(Cl)cc4Cl)CC3)ccc2s1. The number of primary amides is 1. The lowest BCUT2D eigenvalue weighted by molar-refractivity contribution is -0.124. The van der Waals surface area contributed by atoms with Crippen LogP contribution in [0, 0.1) is 6.92 Å². The summed E-state index contributed by atoms with van der Waals surface area (Å²) in [6.07, 6.45) is -0.637. The van der Waals surface area contributed by atoms with Crippen LogP contribution in [0.25, 0.3) is 10.2 Å². The summed E-state index contributed by atoms with van der Waals surface area (Å²) >= 11 is 14.0. The second-order valence-electron chi connectivity index (χ2n) is 8.13. The van der Waals surface area contributed by atoms with Crippen molar-refractivity contribution in [1.29, 1.82) is 0 Å². The molecule has 2 atom stereocenters. The second kappa shape index (κ2) is 10.5. The van der Waals surface area contributed by atoms with Crippen molar-refractivity contribution in [3.8, 4) is 5.75 Å². The molecule has 1 unspecified atom stereocenters. The summed E-state index contributed by atoms with van der Waals surface area (Å²) in [5.41, 5.74) is 7.27. The number of fused-ring (bicyclic) bond motifs is 1. The van der Waals surface area contributed by atoms with E-state index in [2.05, 4.69) is 9.88 Å². The van der Waals surface area contributed by atoms with Gasteiger partial charge in [-0.05, 0) is 36.8 Å². The Balaban J connectivity index is 1.29. The summed E-state index contributed by atoms with van der Waals surface area (Å²) in [6, 6.07) is 10.2. The molecule has 2 heterocycles. The van der Waals surface area contributed by atoms with Crippen LogP contribution in [0.5, 0.6) is 5.75 Å². The maximum absolute atomic E-state index is 12.2. The van der Waals surface area contributed by atoms with E-state index in [9.17, 15) is 9.90 Å². The molecule has 1 aliphatic heterocycles. The Morgan fingerprint density at radius 1 is 1.21 bits per heavy atom. The number of nitrogens with two attached hydrogens (primary N) is 1. The first-order valence-corrected chi connectivity index (χ1v) is 12.3. The van der Waals surface area contributed by atoms with E-state index >= 15 is 0 Å². The quantitative estimate of drug-likeness (QED) is 0.483. The number of piperazine rings is 1. The number of hydrogen-bond acceptors (Lipinski definition) is 7. The zero-order chi connectivity index (χ0) is 23.5. The molecule has 3 aromatic rings. The molecule has 1 amide bonds. The molecule has 1 aromatic heterocycles. The van der Waals surface area contributed by atoms with E-state index in [1.54, 1.807) is 29.5 Å². The van der Waals surface area contributed by atoms with Crippen molar-refractivity contribution in [1.82, 2.24) is 14.8 Å². The molecular weight excluding hydrogens is 483 g/mol. The van der Waals surface area contributed by atoms with Gasteiger partial charge in [-0.2, -0.15) is 0 Å². The smallest absolute Gasteiger partial charge is 0.239 e. The number of benzene rings is 2. The first-order chi connectivity index (χ1) is 15.8. The first kappa shape index (κ1) is 24.2. The molecule has 0 spiro atoms. The molecule has 0 aliphatic carbocycles. The molecule has 1 fully saturated rings. The number of carbonyl (C=O) groups is 1. The van der Waals surface area contributed by atoms with Crippen LogP contribution in [0.1, 0.15) is 16.6 Å². The van der Waals surface area contributed by atoms with Crippen LogP contribution in [0.3, 0.4) is 0 Å². The van der Waals surface area contributed by atoms with Crippen LogP contribution in [0.15, 0.2) is 36.4 Å². The summed E-state index contributed by atoms with van der Waals surface area (Å²) < 4.78 is 6.91. The number of halogens is 2. The zero-order valence-electron chi connectivity index (χ0n) is 18.2. The Bertz CT molecular complexity index is 1130. The zero-order valence-corrected chi connectivity index (χ0v) is 20.5. The lowest BCUT2D eigenvalue weighted by Gasteiger charge is -2.39. The van der Waals surface area contributed by atoms with Crippen molar-refractivity contribution >= 4 is 50.7 Å². The molecule has 7 nitrogen and oxygen atoms in total. The Labute approximate surface area is 206 Å². The van der Waals surface area contributed by atoms with Gasteiger partial charge in [-0.3, -0.25) is 14.6 Å². The number of aryl methyl sites for hydroxylation is 1. The maximum atomic E-state index is 12.2. The number of carbonyl (C=O) groups excluding carboxylic acids is 1. The maximum Gasteiger partial charge on any atom is 0.239 e. The highest BCUT2D eigenvalue weighted by Crippen LogP contribution is 2.31. The third-order valence-corrected chi connectivity index (χ3v) is 7.19. The summed E-state index contributed by atoms with van der Waals surface area (Å²) in [5, 5.41) is 12.4. The van der Waals surface area contributed by atoms with Gasteiger partial charge in [0, 0.05) is 48.8 Å². The molecule has 10 heteroatoms. The predicted molar refractivity (Wildman–Crippen MR) is 132 cm³/mol. The van der Waals surface area contributed by atoms with E-state index < -0.39 is 18.1 Å². The van der Waals surface area contributed by atoms with Gasteiger partial charge in [-0.1, -0.05) is 29.3 Å². The van der Waals surface area contributed by atoms with E-state index in [1.165, 1.54) is 0 Å². The number of aliphatic hydroxyl groups is 1. The Morgan fingerprint density at radius 3 is 2.67 bits per heavy atom. The molecule has 33 heavy (non-hydrogen) atoms. The van der Waals surface area contributed by atoms with E-state index in [-0.39, 0.29) is 6.61 Å². The fraction of sp³-hybridized carbons (Fsp3) is 0.391. The summed E-state index contributed by atoms with van der Waals surface area (Å²) in [6.45, 7) is 5.28. The molecule has 3 N–H and O–H groups in total. The van der Waals surface area contributed by atoms with Gasteiger partial charge in [0.2, 0.25) is 5.91 Å². The van der Waals surface area contributed by atoms with Crippen molar-refractivity contribution in [3.63, 3.8) is 0 Å². The van der Waals surface area contributed by atoms with Crippen LogP contribution in [0.2, 0.25) is 10.0 Å². The summed E-state index contributed by atoms with van der Waals surface area (Å²) in [4.78, 5) is 20.9. The Kier molecular flexibility index (Phi) is 7.73. The first-order valence-electron chi connectivity index (χ1n) is 10.7. The van der Waals surface area contributed by atoms with Gasteiger partial charge in [-0.15, -0.1) is 11.3 Å². The van der Waals surface area contributed by atoms with E-state index in [4.69, 9.17) is 33.7 Å².